The molecule has 1 aliphatic carbocycles. The van der Waals surface area contributed by atoms with Crippen LogP contribution in [-0.2, 0) is 0 Å². The normalized spacial score (nSPS) is 28.6. The number of hydrogen-bond donors (Lipinski definition) is 1. The van der Waals surface area contributed by atoms with Gasteiger partial charge in [0.25, 0.3) is 0 Å². The molecule has 0 bridgehead atoms. The van der Waals surface area contributed by atoms with E-state index in [0.717, 1.165) is 23.6 Å². The summed E-state index contributed by atoms with van der Waals surface area (Å²) in [5.41, 5.74) is 5.74. The predicted octanol–water partition coefficient (Wildman–Crippen LogP) is 2.89. The molecule has 78 valence electrons. The van der Waals surface area contributed by atoms with Gasteiger partial charge in [-0.2, -0.15) is 11.8 Å². The van der Waals surface area contributed by atoms with Crippen molar-refractivity contribution in [1.29, 1.82) is 0 Å². The molecule has 2 heteroatoms. The second-order valence-corrected chi connectivity index (χ2v) is 5.87. The van der Waals surface area contributed by atoms with E-state index in [1.165, 1.54) is 31.4 Å². The van der Waals surface area contributed by atoms with Gasteiger partial charge in [-0.3, -0.25) is 0 Å². The third-order valence-corrected chi connectivity index (χ3v) is 4.44. The quantitative estimate of drug-likeness (QED) is 0.740. The van der Waals surface area contributed by atoms with Crippen LogP contribution >= 0.6 is 11.8 Å². The molecule has 13 heavy (non-hydrogen) atoms. The van der Waals surface area contributed by atoms with Crippen molar-refractivity contribution in [2.45, 2.75) is 44.8 Å². The lowest BCUT2D eigenvalue weighted by molar-refractivity contribution is 0.571. The van der Waals surface area contributed by atoms with E-state index in [9.17, 15) is 0 Å². The van der Waals surface area contributed by atoms with Crippen LogP contribution in [0.3, 0.4) is 0 Å². The van der Waals surface area contributed by atoms with E-state index in [2.05, 4.69) is 25.6 Å². The summed E-state index contributed by atoms with van der Waals surface area (Å²) in [6, 6.07) is 0. The van der Waals surface area contributed by atoms with Gasteiger partial charge >= 0.3 is 0 Å². The first kappa shape index (κ1) is 11.4. The number of nitrogens with two attached hydrogens (primary N) is 1. The van der Waals surface area contributed by atoms with E-state index in [-0.39, 0.29) is 0 Å². The lowest BCUT2D eigenvalue weighted by Crippen LogP contribution is -2.20. The van der Waals surface area contributed by atoms with Gasteiger partial charge in [-0.1, -0.05) is 20.3 Å². The van der Waals surface area contributed by atoms with Gasteiger partial charge in [0.1, 0.15) is 0 Å². The minimum absolute atomic E-state index is 0.817. The average molecular weight is 201 g/mol. The number of thioether (sulfide) groups is 1. The second-order valence-electron chi connectivity index (χ2n) is 4.52. The lowest BCUT2D eigenvalue weighted by atomic mass is 10.1. The Kier molecular flexibility index (Phi) is 5.18. The van der Waals surface area contributed by atoms with Crippen molar-refractivity contribution in [2.75, 3.05) is 12.3 Å². The number of rotatable bonds is 5. The van der Waals surface area contributed by atoms with Gasteiger partial charge in [-0.25, -0.2) is 0 Å². The van der Waals surface area contributed by atoms with E-state index >= 15 is 0 Å². The Balaban J connectivity index is 2.13. The molecule has 1 saturated carbocycles. The first-order chi connectivity index (χ1) is 6.24. The molecule has 0 radical (unpaired) electrons. The third kappa shape index (κ3) is 3.90. The molecule has 2 unspecified atom stereocenters. The molecule has 2 atom stereocenters. The predicted molar refractivity (Wildman–Crippen MR) is 62.1 cm³/mol. The zero-order chi connectivity index (χ0) is 9.68. The van der Waals surface area contributed by atoms with Gasteiger partial charge in [0.2, 0.25) is 0 Å². The Morgan fingerprint density at radius 2 is 2.15 bits per heavy atom. The van der Waals surface area contributed by atoms with Crippen molar-refractivity contribution in [3.63, 3.8) is 0 Å². The maximum Gasteiger partial charge on any atom is 0.00873 e. The summed E-state index contributed by atoms with van der Waals surface area (Å²) in [6.45, 7) is 5.50. The van der Waals surface area contributed by atoms with Crippen LogP contribution in [0.1, 0.15) is 39.5 Å². The Morgan fingerprint density at radius 3 is 2.77 bits per heavy atom. The molecule has 1 aliphatic rings. The first-order valence-electron chi connectivity index (χ1n) is 5.55. The first-order valence-corrected chi connectivity index (χ1v) is 6.60. The van der Waals surface area contributed by atoms with Gasteiger partial charge in [0, 0.05) is 5.25 Å². The highest BCUT2D eigenvalue weighted by molar-refractivity contribution is 7.99. The summed E-state index contributed by atoms with van der Waals surface area (Å²) in [5.74, 6) is 3.00. The highest BCUT2D eigenvalue weighted by atomic mass is 32.2. The van der Waals surface area contributed by atoms with Crippen molar-refractivity contribution in [2.24, 2.45) is 17.6 Å². The van der Waals surface area contributed by atoms with E-state index in [4.69, 9.17) is 5.73 Å². The molecule has 0 aromatic carbocycles. The molecular formula is C11H23NS. The summed E-state index contributed by atoms with van der Waals surface area (Å²) in [6.07, 6.45) is 5.54. The molecule has 0 spiro atoms. The summed E-state index contributed by atoms with van der Waals surface area (Å²) < 4.78 is 0. The van der Waals surface area contributed by atoms with Gasteiger partial charge < -0.3 is 5.73 Å². The maximum atomic E-state index is 5.74. The zero-order valence-electron chi connectivity index (χ0n) is 8.96. The van der Waals surface area contributed by atoms with Crippen LogP contribution in [0.2, 0.25) is 0 Å². The standard InChI is InChI=1S/C11H23NS/c1-9(2)6-7-13-11-5-3-4-10(11)8-12/h9-11H,3-8,12H2,1-2H3. The highest BCUT2D eigenvalue weighted by Gasteiger charge is 2.25. The maximum absolute atomic E-state index is 5.74. The molecule has 1 nitrogen and oxygen atoms in total. The fourth-order valence-electron chi connectivity index (χ4n) is 1.95. The smallest absolute Gasteiger partial charge is 0.00873 e. The van der Waals surface area contributed by atoms with Gasteiger partial charge in [-0.05, 0) is 43.4 Å². The van der Waals surface area contributed by atoms with Crippen molar-refractivity contribution in [1.82, 2.24) is 0 Å². The SMILES string of the molecule is CC(C)CCSC1CCCC1CN. The summed E-state index contributed by atoms with van der Waals surface area (Å²) in [4.78, 5) is 0. The van der Waals surface area contributed by atoms with E-state index in [1.54, 1.807) is 0 Å². The fraction of sp³-hybridized carbons (Fsp3) is 1.00. The largest absolute Gasteiger partial charge is 0.330 e. The molecular weight excluding hydrogens is 178 g/mol. The monoisotopic (exact) mass is 201 g/mol. The van der Waals surface area contributed by atoms with E-state index in [1.807, 2.05) is 0 Å². The van der Waals surface area contributed by atoms with Crippen molar-refractivity contribution < 1.29 is 0 Å². The molecule has 0 heterocycles. The molecule has 0 amide bonds. The molecule has 2 N–H and O–H groups in total. The molecule has 1 rings (SSSR count). The second kappa shape index (κ2) is 5.92. The molecule has 0 aromatic rings. The minimum Gasteiger partial charge on any atom is -0.330 e. The van der Waals surface area contributed by atoms with Crippen molar-refractivity contribution >= 4 is 11.8 Å². The Hall–Kier alpha value is 0.310. The van der Waals surface area contributed by atoms with Crippen LogP contribution in [0, 0.1) is 11.8 Å². The van der Waals surface area contributed by atoms with Gasteiger partial charge in [0.05, 0.1) is 0 Å². The van der Waals surface area contributed by atoms with Crippen molar-refractivity contribution in [3.05, 3.63) is 0 Å². The van der Waals surface area contributed by atoms with Gasteiger partial charge in [0.15, 0.2) is 0 Å². The van der Waals surface area contributed by atoms with Crippen LogP contribution < -0.4 is 5.73 Å². The third-order valence-electron chi connectivity index (χ3n) is 2.92. The molecule has 0 aliphatic heterocycles. The zero-order valence-corrected chi connectivity index (χ0v) is 9.78. The summed E-state index contributed by atoms with van der Waals surface area (Å²) >= 11 is 2.17. The lowest BCUT2D eigenvalue weighted by Gasteiger charge is -2.17. The molecule has 1 fully saturated rings. The van der Waals surface area contributed by atoms with Crippen LogP contribution in [-0.4, -0.2) is 17.5 Å². The van der Waals surface area contributed by atoms with Crippen molar-refractivity contribution in [3.8, 4) is 0 Å². The fourth-order valence-corrected chi connectivity index (χ4v) is 3.71. The number of hydrogen-bond acceptors (Lipinski definition) is 2. The topological polar surface area (TPSA) is 26.0 Å². The Morgan fingerprint density at radius 1 is 1.38 bits per heavy atom. The average Bonchev–Trinajstić information content (AvgIpc) is 2.51. The van der Waals surface area contributed by atoms with Crippen LogP contribution in [0.4, 0.5) is 0 Å². The van der Waals surface area contributed by atoms with Gasteiger partial charge in [-0.15, -0.1) is 0 Å². The van der Waals surface area contributed by atoms with E-state index < -0.39 is 0 Å². The minimum atomic E-state index is 0.817. The van der Waals surface area contributed by atoms with E-state index in [0.29, 0.717) is 0 Å². The Labute approximate surface area is 86.8 Å². The summed E-state index contributed by atoms with van der Waals surface area (Å²) in [7, 11) is 0. The Bertz CT molecular complexity index is 136. The van der Waals surface area contributed by atoms with Crippen LogP contribution in [0.25, 0.3) is 0 Å². The molecule has 0 saturated heterocycles. The molecule has 0 aromatic heterocycles. The van der Waals surface area contributed by atoms with Crippen LogP contribution in [0.15, 0.2) is 0 Å². The van der Waals surface area contributed by atoms with Crippen LogP contribution in [0.5, 0.6) is 0 Å². The summed E-state index contributed by atoms with van der Waals surface area (Å²) in [5, 5.41) is 0.878. The highest BCUT2D eigenvalue weighted by Crippen LogP contribution is 2.34.